The third-order valence-electron chi connectivity index (χ3n) is 5.19. The number of carbonyl (C=O) groups excluding carboxylic acids is 2. The number of phenolic OH excluding ortho intramolecular Hbond substituents is 1. The normalized spacial score (nSPS) is 13.2. The Labute approximate surface area is 183 Å². The minimum absolute atomic E-state index is 0.0696. The summed E-state index contributed by atoms with van der Waals surface area (Å²) in [6, 6.07) is 10.4. The molecule has 160 valence electrons. The van der Waals surface area contributed by atoms with Crippen molar-refractivity contribution in [2.45, 2.75) is 32.6 Å². The largest absolute Gasteiger partial charge is 0.507 e. The maximum Gasteiger partial charge on any atom is 0.341 e. The Morgan fingerprint density at radius 3 is 2.84 bits per heavy atom. The molecule has 7 nitrogen and oxygen atoms in total. The van der Waals surface area contributed by atoms with Crippen LogP contribution in [0, 0.1) is 0 Å². The van der Waals surface area contributed by atoms with Crippen LogP contribution in [0.15, 0.2) is 41.5 Å². The Kier molecular flexibility index (Phi) is 6.18. The molecule has 2 amide bonds. The first-order valence-corrected chi connectivity index (χ1v) is 11.0. The van der Waals surface area contributed by atoms with Crippen molar-refractivity contribution in [2.24, 2.45) is 5.10 Å². The molecule has 31 heavy (non-hydrogen) atoms. The molecule has 1 aliphatic rings. The van der Waals surface area contributed by atoms with Gasteiger partial charge in [0.05, 0.1) is 18.4 Å². The molecule has 0 saturated carbocycles. The quantitative estimate of drug-likeness (QED) is 0.303. The van der Waals surface area contributed by atoms with Crippen LogP contribution < -0.4 is 10.7 Å². The number of nitrogens with one attached hydrogen (secondary N) is 2. The van der Waals surface area contributed by atoms with Gasteiger partial charge in [0.2, 0.25) is 0 Å². The van der Waals surface area contributed by atoms with E-state index >= 15 is 0 Å². The van der Waals surface area contributed by atoms with Crippen molar-refractivity contribution < 1.29 is 19.4 Å². The van der Waals surface area contributed by atoms with Crippen LogP contribution in [-0.2, 0) is 17.6 Å². The number of benzene rings is 2. The zero-order valence-corrected chi connectivity index (χ0v) is 17.9. The molecule has 0 saturated heterocycles. The number of carbonyl (C=O) groups is 2. The molecule has 2 aromatic carbocycles. The molecule has 3 aromatic rings. The molecular weight excluding hydrogens is 414 g/mol. The summed E-state index contributed by atoms with van der Waals surface area (Å²) in [5, 5.41) is 19.2. The second-order valence-electron chi connectivity index (χ2n) is 7.18. The van der Waals surface area contributed by atoms with E-state index < -0.39 is 12.0 Å². The fraction of sp³-hybridized carbons (Fsp3) is 0.261. The topological polar surface area (TPSA) is 100 Å². The van der Waals surface area contributed by atoms with E-state index in [2.05, 4.69) is 15.8 Å². The number of fused-ring (bicyclic) bond motifs is 2. The lowest BCUT2D eigenvalue weighted by molar-refractivity contribution is 0.0526. The van der Waals surface area contributed by atoms with E-state index in [-0.39, 0.29) is 12.4 Å². The Morgan fingerprint density at radius 1 is 1.19 bits per heavy atom. The SMILES string of the molecule is CCOC(=O)c1c(NC(=O)NN=Cc2c(O)ccc3ccccc23)sc2c1CCCC2. The number of aryl methyl sites for hydroxylation is 1. The van der Waals surface area contributed by atoms with Crippen LogP contribution in [-0.4, -0.2) is 29.9 Å². The van der Waals surface area contributed by atoms with Gasteiger partial charge in [-0.3, -0.25) is 5.32 Å². The molecule has 0 aliphatic heterocycles. The van der Waals surface area contributed by atoms with Gasteiger partial charge in [-0.25, -0.2) is 15.0 Å². The number of anilines is 1. The van der Waals surface area contributed by atoms with E-state index in [1.807, 2.05) is 30.3 Å². The summed E-state index contributed by atoms with van der Waals surface area (Å²) in [6.07, 6.45) is 5.19. The van der Waals surface area contributed by atoms with Gasteiger partial charge in [-0.2, -0.15) is 5.10 Å². The van der Waals surface area contributed by atoms with Crippen molar-refractivity contribution in [1.29, 1.82) is 0 Å². The van der Waals surface area contributed by atoms with Gasteiger partial charge in [0, 0.05) is 10.4 Å². The maximum absolute atomic E-state index is 12.5. The molecule has 0 radical (unpaired) electrons. The summed E-state index contributed by atoms with van der Waals surface area (Å²) < 4.78 is 5.21. The minimum Gasteiger partial charge on any atom is -0.507 e. The Balaban J connectivity index is 1.52. The van der Waals surface area contributed by atoms with Gasteiger partial charge < -0.3 is 9.84 Å². The molecule has 3 N–H and O–H groups in total. The maximum atomic E-state index is 12.5. The molecule has 0 fully saturated rings. The van der Waals surface area contributed by atoms with Gasteiger partial charge in [0.25, 0.3) is 0 Å². The van der Waals surface area contributed by atoms with Crippen molar-refractivity contribution in [2.75, 3.05) is 11.9 Å². The lowest BCUT2D eigenvalue weighted by atomic mass is 9.95. The molecule has 0 bridgehead atoms. The number of nitrogens with zero attached hydrogens (tertiary/aromatic N) is 1. The first-order chi connectivity index (χ1) is 15.1. The van der Waals surface area contributed by atoms with Gasteiger partial charge >= 0.3 is 12.0 Å². The predicted molar refractivity (Wildman–Crippen MR) is 122 cm³/mol. The van der Waals surface area contributed by atoms with E-state index in [9.17, 15) is 14.7 Å². The van der Waals surface area contributed by atoms with Gasteiger partial charge in [0.1, 0.15) is 10.8 Å². The fourth-order valence-electron chi connectivity index (χ4n) is 3.78. The zero-order chi connectivity index (χ0) is 21.8. The molecule has 8 heteroatoms. The van der Waals surface area contributed by atoms with Gasteiger partial charge in [0.15, 0.2) is 0 Å². The number of aromatic hydroxyl groups is 1. The first kappa shape index (κ1) is 20.9. The Morgan fingerprint density at radius 2 is 2.00 bits per heavy atom. The summed E-state index contributed by atoms with van der Waals surface area (Å²) in [5.74, 6) is -0.346. The number of hydrogen-bond acceptors (Lipinski definition) is 6. The van der Waals surface area contributed by atoms with Crippen LogP contribution in [0.1, 0.15) is 46.1 Å². The summed E-state index contributed by atoms with van der Waals surface area (Å²) in [4.78, 5) is 26.1. The van der Waals surface area contributed by atoms with Crippen molar-refractivity contribution in [1.82, 2.24) is 5.43 Å². The molecule has 0 spiro atoms. The van der Waals surface area contributed by atoms with Crippen LogP contribution in [0.25, 0.3) is 10.8 Å². The standard InChI is InChI=1S/C23H23N3O4S/c1-2-30-22(28)20-16-9-5-6-10-19(16)31-21(20)25-23(29)26-24-13-17-15-8-4-3-7-14(15)11-12-18(17)27/h3-4,7-8,11-13,27H,2,5-6,9-10H2,1H3,(H2,25,26,29). The number of ether oxygens (including phenoxy) is 1. The lowest BCUT2D eigenvalue weighted by Gasteiger charge is -2.12. The number of esters is 1. The average molecular weight is 438 g/mol. The van der Waals surface area contributed by atoms with Crippen molar-refractivity contribution in [3.05, 3.63) is 58.0 Å². The minimum atomic E-state index is -0.569. The second kappa shape index (κ2) is 9.18. The molecule has 4 rings (SSSR count). The number of hydrogen-bond donors (Lipinski definition) is 3. The van der Waals surface area contributed by atoms with Crippen molar-refractivity contribution >= 4 is 45.3 Å². The predicted octanol–water partition coefficient (Wildman–Crippen LogP) is 4.82. The smallest absolute Gasteiger partial charge is 0.341 e. The van der Waals surface area contributed by atoms with E-state index in [1.165, 1.54) is 17.6 Å². The Hall–Kier alpha value is -3.39. The summed E-state index contributed by atoms with van der Waals surface area (Å²) >= 11 is 1.41. The highest BCUT2D eigenvalue weighted by molar-refractivity contribution is 7.17. The summed E-state index contributed by atoms with van der Waals surface area (Å²) in [7, 11) is 0. The molecule has 0 atom stereocenters. The van der Waals surface area contributed by atoms with E-state index in [4.69, 9.17) is 4.74 Å². The third kappa shape index (κ3) is 4.39. The zero-order valence-electron chi connectivity index (χ0n) is 17.1. The van der Waals surface area contributed by atoms with Crippen LogP contribution in [0.3, 0.4) is 0 Å². The second-order valence-corrected chi connectivity index (χ2v) is 8.28. The molecule has 1 aromatic heterocycles. The summed E-state index contributed by atoms with van der Waals surface area (Å²) in [5.41, 5.74) is 4.36. The first-order valence-electron chi connectivity index (χ1n) is 10.2. The van der Waals surface area contributed by atoms with Crippen LogP contribution >= 0.6 is 11.3 Å². The highest BCUT2D eigenvalue weighted by atomic mass is 32.1. The van der Waals surface area contributed by atoms with Crippen LogP contribution in [0.2, 0.25) is 0 Å². The van der Waals surface area contributed by atoms with E-state index in [0.717, 1.165) is 46.9 Å². The van der Waals surface area contributed by atoms with E-state index in [0.29, 0.717) is 16.1 Å². The highest BCUT2D eigenvalue weighted by Gasteiger charge is 2.27. The highest BCUT2D eigenvalue weighted by Crippen LogP contribution is 2.38. The van der Waals surface area contributed by atoms with Crippen molar-refractivity contribution in [3.63, 3.8) is 0 Å². The number of urea groups is 1. The molecular formula is C23H23N3O4S. The lowest BCUT2D eigenvalue weighted by Crippen LogP contribution is -2.25. The number of rotatable bonds is 5. The molecule has 0 unspecified atom stereocenters. The monoisotopic (exact) mass is 437 g/mol. The Bertz CT molecular complexity index is 1170. The third-order valence-corrected chi connectivity index (χ3v) is 6.39. The van der Waals surface area contributed by atoms with Crippen LogP contribution in [0.4, 0.5) is 9.80 Å². The molecule has 1 heterocycles. The van der Waals surface area contributed by atoms with Gasteiger partial charge in [-0.1, -0.05) is 30.3 Å². The number of amides is 2. The molecule has 1 aliphatic carbocycles. The van der Waals surface area contributed by atoms with Gasteiger partial charge in [-0.05, 0) is 55.0 Å². The van der Waals surface area contributed by atoms with Crippen LogP contribution in [0.5, 0.6) is 5.75 Å². The van der Waals surface area contributed by atoms with Gasteiger partial charge in [-0.15, -0.1) is 11.3 Å². The number of phenols is 1. The average Bonchev–Trinajstić information content (AvgIpc) is 3.13. The summed E-state index contributed by atoms with van der Waals surface area (Å²) in [6.45, 7) is 2.03. The van der Waals surface area contributed by atoms with Crippen molar-refractivity contribution in [3.8, 4) is 5.75 Å². The fourth-order valence-corrected chi connectivity index (χ4v) is 5.05. The van der Waals surface area contributed by atoms with E-state index in [1.54, 1.807) is 13.0 Å². The number of hydrazone groups is 1. The number of thiophene rings is 1.